The summed E-state index contributed by atoms with van der Waals surface area (Å²) >= 11 is 0. The number of carbonyl (C=O) groups is 1. The van der Waals surface area contributed by atoms with E-state index in [9.17, 15) is 4.79 Å². The minimum absolute atomic E-state index is 0.00905. The molecule has 2 aliphatic rings. The van der Waals surface area contributed by atoms with Crippen molar-refractivity contribution in [2.75, 3.05) is 32.2 Å². The summed E-state index contributed by atoms with van der Waals surface area (Å²) in [6.07, 6.45) is 4.01. The first-order valence-corrected chi connectivity index (χ1v) is 10.1. The molecule has 5 nitrogen and oxygen atoms in total. The molecule has 1 aliphatic heterocycles. The van der Waals surface area contributed by atoms with Crippen molar-refractivity contribution in [3.8, 4) is 5.75 Å². The quantitative estimate of drug-likeness (QED) is 0.778. The average molecular weight is 380 g/mol. The van der Waals surface area contributed by atoms with E-state index in [1.807, 2.05) is 41.3 Å². The van der Waals surface area contributed by atoms with Gasteiger partial charge in [-0.05, 0) is 43.0 Å². The molecule has 2 fully saturated rings. The molecule has 1 aliphatic carbocycles. The van der Waals surface area contributed by atoms with Crippen LogP contribution in [0.25, 0.3) is 0 Å². The van der Waals surface area contributed by atoms with Gasteiger partial charge in [0.1, 0.15) is 5.75 Å². The fourth-order valence-electron chi connectivity index (χ4n) is 3.80. The number of anilines is 1. The topological polar surface area (TPSA) is 50.8 Å². The van der Waals surface area contributed by atoms with E-state index in [4.69, 9.17) is 9.47 Å². The molecular formula is C23H28N2O3. The number of hydrogen-bond acceptors (Lipinski definition) is 3. The zero-order chi connectivity index (χ0) is 19.3. The van der Waals surface area contributed by atoms with Gasteiger partial charge < -0.3 is 19.7 Å². The minimum Gasteiger partial charge on any atom is -0.496 e. The van der Waals surface area contributed by atoms with Crippen LogP contribution in [-0.2, 0) is 11.2 Å². The second-order valence-electron chi connectivity index (χ2n) is 7.73. The Balaban J connectivity index is 1.47. The van der Waals surface area contributed by atoms with Gasteiger partial charge in [0.25, 0.3) is 0 Å². The summed E-state index contributed by atoms with van der Waals surface area (Å²) in [4.78, 5) is 14.9. The van der Waals surface area contributed by atoms with E-state index in [2.05, 4.69) is 17.4 Å². The monoisotopic (exact) mass is 380 g/mol. The number of ether oxygens (including phenoxy) is 2. The van der Waals surface area contributed by atoms with Crippen LogP contribution in [0.2, 0.25) is 0 Å². The van der Waals surface area contributed by atoms with Crippen LogP contribution < -0.4 is 10.1 Å². The number of methoxy groups -OCH3 is 1. The molecule has 1 heterocycles. The van der Waals surface area contributed by atoms with E-state index in [0.29, 0.717) is 12.0 Å². The second-order valence-corrected chi connectivity index (χ2v) is 7.73. The van der Waals surface area contributed by atoms with Crippen molar-refractivity contribution >= 4 is 11.7 Å². The molecule has 148 valence electrons. The Hall–Kier alpha value is -2.53. The largest absolute Gasteiger partial charge is 0.496 e. The summed E-state index contributed by atoms with van der Waals surface area (Å²) < 4.78 is 11.0. The van der Waals surface area contributed by atoms with Gasteiger partial charge in [0, 0.05) is 42.8 Å². The predicted octanol–water partition coefficient (Wildman–Crippen LogP) is 4.32. The smallest absolute Gasteiger partial charge is 0.322 e. The normalized spacial score (nSPS) is 18.7. The molecule has 4 rings (SSSR count). The SMILES string of the molecule is COc1ccc(NC(=O)N(C[C@H]2CCOC2)C2CC2)cc1Cc1ccccc1. The standard InChI is InChI=1S/C23H28N2O3/c1-27-22-10-7-20(14-19(22)13-17-5-3-2-4-6-17)24-23(26)25(21-8-9-21)15-18-11-12-28-16-18/h2-7,10,14,18,21H,8-9,11-13,15-16H2,1H3,(H,24,26)/t18-/m1/s1. The van der Waals surface area contributed by atoms with Crippen LogP contribution in [0.1, 0.15) is 30.4 Å². The van der Waals surface area contributed by atoms with E-state index in [0.717, 1.165) is 62.4 Å². The first-order chi connectivity index (χ1) is 13.7. The van der Waals surface area contributed by atoms with Gasteiger partial charge in [-0.25, -0.2) is 4.79 Å². The van der Waals surface area contributed by atoms with E-state index < -0.39 is 0 Å². The lowest BCUT2D eigenvalue weighted by Gasteiger charge is -2.25. The number of benzene rings is 2. The molecule has 2 aromatic carbocycles. The molecule has 2 amide bonds. The Labute approximate surface area is 166 Å². The molecule has 0 unspecified atom stereocenters. The van der Waals surface area contributed by atoms with Gasteiger partial charge in [-0.15, -0.1) is 0 Å². The lowest BCUT2D eigenvalue weighted by atomic mass is 10.0. The summed E-state index contributed by atoms with van der Waals surface area (Å²) in [5, 5.41) is 3.11. The third kappa shape index (κ3) is 4.65. The van der Waals surface area contributed by atoms with E-state index in [-0.39, 0.29) is 6.03 Å². The van der Waals surface area contributed by atoms with E-state index >= 15 is 0 Å². The molecule has 0 spiro atoms. The van der Waals surface area contributed by atoms with Crippen molar-refractivity contribution < 1.29 is 14.3 Å². The molecule has 1 saturated carbocycles. The summed E-state index contributed by atoms with van der Waals surface area (Å²) in [5.74, 6) is 1.29. The average Bonchev–Trinajstić information content (AvgIpc) is 3.42. The van der Waals surface area contributed by atoms with Crippen LogP contribution in [0.15, 0.2) is 48.5 Å². The zero-order valence-electron chi connectivity index (χ0n) is 16.4. The first kappa shape index (κ1) is 18.8. The third-order valence-corrected chi connectivity index (χ3v) is 5.50. The molecule has 5 heteroatoms. The van der Waals surface area contributed by atoms with Crippen LogP contribution in [-0.4, -0.2) is 43.8 Å². The molecule has 28 heavy (non-hydrogen) atoms. The van der Waals surface area contributed by atoms with Crippen molar-refractivity contribution in [2.24, 2.45) is 5.92 Å². The zero-order valence-corrected chi connectivity index (χ0v) is 16.4. The maximum absolute atomic E-state index is 12.9. The van der Waals surface area contributed by atoms with Crippen molar-refractivity contribution in [3.05, 3.63) is 59.7 Å². The number of rotatable bonds is 7. The van der Waals surface area contributed by atoms with Crippen molar-refractivity contribution in [1.82, 2.24) is 4.90 Å². The number of urea groups is 1. The molecular weight excluding hydrogens is 352 g/mol. The molecule has 1 atom stereocenters. The van der Waals surface area contributed by atoms with E-state index in [1.165, 1.54) is 5.56 Å². The highest BCUT2D eigenvalue weighted by Gasteiger charge is 2.34. The van der Waals surface area contributed by atoms with Crippen LogP contribution in [0.3, 0.4) is 0 Å². The van der Waals surface area contributed by atoms with Gasteiger partial charge in [0.2, 0.25) is 0 Å². The second kappa shape index (κ2) is 8.65. The molecule has 2 aromatic rings. The molecule has 0 aromatic heterocycles. The lowest BCUT2D eigenvalue weighted by Crippen LogP contribution is -2.40. The minimum atomic E-state index is -0.00905. The fraction of sp³-hybridized carbons (Fsp3) is 0.435. The van der Waals surface area contributed by atoms with Gasteiger partial charge in [0.15, 0.2) is 0 Å². The fourth-order valence-corrected chi connectivity index (χ4v) is 3.80. The number of amides is 2. The summed E-state index contributed by atoms with van der Waals surface area (Å²) in [6, 6.07) is 16.5. The predicted molar refractivity (Wildman–Crippen MR) is 110 cm³/mol. The van der Waals surface area contributed by atoms with Crippen molar-refractivity contribution in [2.45, 2.75) is 31.7 Å². The van der Waals surface area contributed by atoms with Crippen LogP contribution in [0.5, 0.6) is 5.75 Å². The van der Waals surface area contributed by atoms with Crippen molar-refractivity contribution in [3.63, 3.8) is 0 Å². The van der Waals surface area contributed by atoms with E-state index in [1.54, 1.807) is 7.11 Å². The van der Waals surface area contributed by atoms with Crippen molar-refractivity contribution in [1.29, 1.82) is 0 Å². The van der Waals surface area contributed by atoms with Gasteiger partial charge in [-0.2, -0.15) is 0 Å². The van der Waals surface area contributed by atoms with Gasteiger partial charge >= 0.3 is 6.03 Å². The maximum atomic E-state index is 12.9. The summed E-state index contributed by atoms with van der Waals surface area (Å²) in [5.41, 5.74) is 3.09. The Kier molecular flexibility index (Phi) is 5.81. The summed E-state index contributed by atoms with van der Waals surface area (Å²) in [7, 11) is 1.68. The van der Waals surface area contributed by atoms with Gasteiger partial charge in [-0.1, -0.05) is 30.3 Å². The Morgan fingerprint density at radius 3 is 2.68 bits per heavy atom. The summed E-state index contributed by atoms with van der Waals surface area (Å²) in [6.45, 7) is 2.36. The highest BCUT2D eigenvalue weighted by molar-refractivity contribution is 5.90. The number of hydrogen-bond donors (Lipinski definition) is 1. The first-order valence-electron chi connectivity index (χ1n) is 10.1. The lowest BCUT2D eigenvalue weighted by molar-refractivity contribution is 0.167. The van der Waals surface area contributed by atoms with Gasteiger partial charge in [-0.3, -0.25) is 0 Å². The van der Waals surface area contributed by atoms with Gasteiger partial charge in [0.05, 0.1) is 13.7 Å². The maximum Gasteiger partial charge on any atom is 0.322 e. The Morgan fingerprint density at radius 1 is 1.18 bits per heavy atom. The Morgan fingerprint density at radius 2 is 2.00 bits per heavy atom. The number of carbonyl (C=O) groups excluding carboxylic acids is 1. The Bertz CT molecular complexity index is 799. The van der Waals surface area contributed by atoms with Crippen LogP contribution in [0, 0.1) is 5.92 Å². The number of nitrogens with zero attached hydrogens (tertiary/aromatic N) is 1. The highest BCUT2D eigenvalue weighted by atomic mass is 16.5. The molecule has 1 N–H and O–H groups in total. The number of nitrogens with one attached hydrogen (secondary N) is 1. The highest BCUT2D eigenvalue weighted by Crippen LogP contribution is 2.30. The molecule has 0 radical (unpaired) electrons. The van der Waals surface area contributed by atoms with Crippen LogP contribution >= 0.6 is 0 Å². The van der Waals surface area contributed by atoms with Crippen LogP contribution in [0.4, 0.5) is 10.5 Å². The molecule has 1 saturated heterocycles. The third-order valence-electron chi connectivity index (χ3n) is 5.50. The molecule has 0 bridgehead atoms.